The van der Waals surface area contributed by atoms with Gasteiger partial charge in [-0.3, -0.25) is 0 Å². The molecule has 3 heteroatoms. The molecule has 0 saturated heterocycles. The summed E-state index contributed by atoms with van der Waals surface area (Å²) in [6, 6.07) is 1.81. The molecule has 0 amide bonds. The fourth-order valence-corrected chi connectivity index (χ4v) is 0.0577. The van der Waals surface area contributed by atoms with Gasteiger partial charge in [-0.15, -0.1) is 0 Å². The molecular formula is C4H7KN2. The van der Waals surface area contributed by atoms with Crippen LogP contribution in [-0.4, -0.2) is 13.1 Å². The molecule has 0 heterocycles. The van der Waals surface area contributed by atoms with E-state index in [1.165, 1.54) is 0 Å². The van der Waals surface area contributed by atoms with Gasteiger partial charge in [0, 0.05) is 6.07 Å². The first kappa shape index (κ1) is 11.0. The molecule has 0 N–H and O–H groups in total. The van der Waals surface area contributed by atoms with Gasteiger partial charge in [-0.2, -0.15) is 7.05 Å². The van der Waals surface area contributed by atoms with Crippen molar-refractivity contribution in [2.75, 3.05) is 7.05 Å². The molecule has 0 fully saturated rings. The van der Waals surface area contributed by atoms with Crippen molar-refractivity contribution in [1.29, 1.82) is 5.26 Å². The van der Waals surface area contributed by atoms with Crippen LogP contribution in [0.5, 0.6) is 0 Å². The van der Waals surface area contributed by atoms with Crippen LogP contribution in [0.3, 0.4) is 0 Å². The van der Waals surface area contributed by atoms with Gasteiger partial charge < -0.3 is 5.32 Å². The van der Waals surface area contributed by atoms with Crippen LogP contribution in [0.15, 0.2) is 0 Å². The molecule has 0 aliphatic rings. The second-order valence-corrected chi connectivity index (χ2v) is 1.06. The molecule has 34 valence electrons. The molecule has 0 aromatic heterocycles. The Bertz CT molecular complexity index is 66.6. The van der Waals surface area contributed by atoms with Gasteiger partial charge in [0.05, 0.1) is 0 Å². The summed E-state index contributed by atoms with van der Waals surface area (Å²) >= 11 is 0. The average molecular weight is 122 g/mol. The van der Waals surface area contributed by atoms with Crippen LogP contribution in [0.2, 0.25) is 0 Å². The predicted octanol–water partition coefficient (Wildman–Crippen LogP) is -2.09. The maximum atomic E-state index is 7.99. The minimum atomic E-state index is -0.134. The third-order valence-corrected chi connectivity index (χ3v) is 0.574. The normalized spacial score (nSPS) is 11.0. The Kier molecular flexibility index (Phi) is 11.1. The summed E-state index contributed by atoms with van der Waals surface area (Å²) in [5.74, 6) is 0. The topological polar surface area (TPSA) is 37.9 Å². The standard InChI is InChI=1S/C4H7N2.K/c1-4(3-5)6-2;/h4H,1-2H3;/q-1;+1. The van der Waals surface area contributed by atoms with Crippen molar-refractivity contribution in [3.8, 4) is 6.07 Å². The summed E-state index contributed by atoms with van der Waals surface area (Å²) in [6.07, 6.45) is 0. The SMILES string of the molecule is C[N-]C(C)C#N.[K+]. The summed E-state index contributed by atoms with van der Waals surface area (Å²) in [4.78, 5) is 0. The molecule has 1 unspecified atom stereocenters. The van der Waals surface area contributed by atoms with Crippen molar-refractivity contribution in [3.63, 3.8) is 0 Å². The maximum Gasteiger partial charge on any atom is 1.00 e. The van der Waals surface area contributed by atoms with Gasteiger partial charge in [0.1, 0.15) is 0 Å². The number of nitrogens with zero attached hydrogens (tertiary/aromatic N) is 2. The second-order valence-electron chi connectivity index (χ2n) is 1.06. The zero-order chi connectivity index (χ0) is 4.99. The quantitative estimate of drug-likeness (QED) is 0.367. The van der Waals surface area contributed by atoms with Crippen LogP contribution in [0.25, 0.3) is 5.32 Å². The molecule has 1 atom stereocenters. The Balaban J connectivity index is 0. The molecular weight excluding hydrogens is 115 g/mol. The van der Waals surface area contributed by atoms with E-state index in [0.717, 1.165) is 0 Å². The van der Waals surface area contributed by atoms with Gasteiger partial charge in [0.15, 0.2) is 0 Å². The monoisotopic (exact) mass is 122 g/mol. The molecule has 2 nitrogen and oxygen atoms in total. The number of rotatable bonds is 1. The minimum Gasteiger partial charge on any atom is -0.650 e. The average Bonchev–Trinajstić information content (AvgIpc) is 1.65. The Hall–Kier alpha value is 1.09. The summed E-state index contributed by atoms with van der Waals surface area (Å²) in [5.41, 5.74) is 0. The third-order valence-electron chi connectivity index (χ3n) is 0.574. The van der Waals surface area contributed by atoms with Gasteiger partial charge in [-0.05, 0) is 6.04 Å². The third kappa shape index (κ3) is 7.09. The van der Waals surface area contributed by atoms with E-state index in [0.29, 0.717) is 0 Å². The van der Waals surface area contributed by atoms with Gasteiger partial charge >= 0.3 is 51.4 Å². The van der Waals surface area contributed by atoms with Crippen molar-refractivity contribution in [2.24, 2.45) is 0 Å². The Labute approximate surface area is 86.7 Å². The van der Waals surface area contributed by atoms with Crippen LogP contribution in [0.4, 0.5) is 0 Å². The first-order valence-electron chi connectivity index (χ1n) is 1.80. The first-order chi connectivity index (χ1) is 2.81. The molecule has 0 bridgehead atoms. The van der Waals surface area contributed by atoms with Gasteiger partial charge in [-0.25, -0.2) is 5.26 Å². The van der Waals surface area contributed by atoms with Crippen LogP contribution in [0.1, 0.15) is 6.92 Å². The molecule has 0 aliphatic heterocycles. The van der Waals surface area contributed by atoms with Gasteiger partial charge in [0.25, 0.3) is 0 Å². The zero-order valence-corrected chi connectivity index (χ0v) is 8.09. The van der Waals surface area contributed by atoms with Crippen molar-refractivity contribution in [1.82, 2.24) is 0 Å². The molecule has 0 spiro atoms. The summed E-state index contributed by atoms with van der Waals surface area (Å²) < 4.78 is 0. The van der Waals surface area contributed by atoms with E-state index in [-0.39, 0.29) is 57.4 Å². The predicted molar refractivity (Wildman–Crippen MR) is 24.4 cm³/mol. The molecule has 0 aromatic rings. The van der Waals surface area contributed by atoms with E-state index in [9.17, 15) is 0 Å². The van der Waals surface area contributed by atoms with Gasteiger partial charge in [0.2, 0.25) is 0 Å². The van der Waals surface area contributed by atoms with Crippen molar-refractivity contribution < 1.29 is 51.4 Å². The Morgan fingerprint density at radius 3 is 2.14 bits per heavy atom. The van der Waals surface area contributed by atoms with Crippen LogP contribution < -0.4 is 51.4 Å². The van der Waals surface area contributed by atoms with E-state index in [2.05, 4.69) is 5.32 Å². The minimum absolute atomic E-state index is 0. The molecule has 0 radical (unpaired) electrons. The van der Waals surface area contributed by atoms with Gasteiger partial charge in [-0.1, -0.05) is 6.92 Å². The smallest absolute Gasteiger partial charge is 0.650 e. The van der Waals surface area contributed by atoms with Crippen LogP contribution >= 0.6 is 0 Å². The second kappa shape index (κ2) is 7.09. The summed E-state index contributed by atoms with van der Waals surface area (Å²) in [7, 11) is 1.63. The summed E-state index contributed by atoms with van der Waals surface area (Å²) in [6.45, 7) is 1.75. The maximum absolute atomic E-state index is 7.99. The molecule has 0 aromatic carbocycles. The number of nitriles is 1. The fraction of sp³-hybridized carbons (Fsp3) is 0.750. The fourth-order valence-electron chi connectivity index (χ4n) is 0.0577. The van der Waals surface area contributed by atoms with Crippen LogP contribution in [-0.2, 0) is 0 Å². The molecule has 0 aliphatic carbocycles. The largest absolute Gasteiger partial charge is 1.00 e. The Morgan fingerprint density at radius 1 is 1.71 bits per heavy atom. The van der Waals surface area contributed by atoms with Crippen LogP contribution in [0, 0.1) is 11.3 Å². The van der Waals surface area contributed by atoms with E-state index in [4.69, 9.17) is 5.26 Å². The molecule has 0 rings (SSSR count). The first-order valence-corrected chi connectivity index (χ1v) is 1.80. The van der Waals surface area contributed by atoms with Crippen molar-refractivity contribution in [3.05, 3.63) is 5.32 Å². The zero-order valence-electron chi connectivity index (χ0n) is 4.97. The number of hydrogen-bond donors (Lipinski definition) is 0. The van der Waals surface area contributed by atoms with E-state index < -0.39 is 0 Å². The van der Waals surface area contributed by atoms with Crippen molar-refractivity contribution in [2.45, 2.75) is 13.0 Å². The molecule has 0 saturated carbocycles. The van der Waals surface area contributed by atoms with E-state index in [1.54, 1.807) is 14.0 Å². The summed E-state index contributed by atoms with van der Waals surface area (Å²) in [5, 5.41) is 11.6. The van der Waals surface area contributed by atoms with E-state index >= 15 is 0 Å². The number of hydrogen-bond acceptors (Lipinski definition) is 1. The van der Waals surface area contributed by atoms with E-state index in [1.807, 2.05) is 6.07 Å². The van der Waals surface area contributed by atoms with Crippen molar-refractivity contribution >= 4 is 0 Å². The molecule has 7 heavy (non-hydrogen) atoms. The Morgan fingerprint density at radius 2 is 2.14 bits per heavy atom.